The summed E-state index contributed by atoms with van der Waals surface area (Å²) in [5.41, 5.74) is 1.26. The van der Waals surface area contributed by atoms with Crippen molar-refractivity contribution in [2.24, 2.45) is 5.92 Å². The fourth-order valence-electron chi connectivity index (χ4n) is 2.05. The molecule has 0 aliphatic rings. The molecule has 0 bridgehead atoms. The summed E-state index contributed by atoms with van der Waals surface area (Å²) in [6.45, 7) is 7.23. The molecule has 1 rings (SSSR count). The molecule has 0 heterocycles. The lowest BCUT2D eigenvalue weighted by Crippen LogP contribution is -2.37. The number of aryl methyl sites for hydroxylation is 1. The number of ether oxygens (including phenoxy) is 2. The Labute approximate surface area is 117 Å². The molecule has 1 aromatic rings. The molecule has 0 aliphatic carbocycles. The first kappa shape index (κ1) is 15.8. The SMILES string of the molecule is CCc1ccc(OCC(NC)C(C)CC)c(OC)c1. The third-order valence-electron chi connectivity index (χ3n) is 3.76. The molecular weight excluding hydrogens is 238 g/mol. The van der Waals surface area contributed by atoms with Crippen molar-refractivity contribution in [1.29, 1.82) is 0 Å². The summed E-state index contributed by atoms with van der Waals surface area (Å²) in [5.74, 6) is 2.23. The van der Waals surface area contributed by atoms with E-state index in [1.54, 1.807) is 7.11 Å². The molecule has 0 saturated heterocycles. The minimum atomic E-state index is 0.362. The zero-order valence-electron chi connectivity index (χ0n) is 12.8. The molecule has 0 fully saturated rings. The molecule has 2 atom stereocenters. The average Bonchev–Trinajstić information content (AvgIpc) is 2.47. The molecule has 2 unspecified atom stereocenters. The highest BCUT2D eigenvalue weighted by Gasteiger charge is 2.15. The van der Waals surface area contributed by atoms with Crippen LogP contribution in [0.4, 0.5) is 0 Å². The maximum Gasteiger partial charge on any atom is 0.161 e. The Bertz CT molecular complexity index is 379. The standard InChI is InChI=1S/C16H27NO2/c1-6-12(3)14(17-4)11-19-15-9-8-13(7-2)10-16(15)18-5/h8-10,12,14,17H,6-7,11H2,1-5H3. The number of methoxy groups -OCH3 is 1. The smallest absolute Gasteiger partial charge is 0.161 e. The quantitative estimate of drug-likeness (QED) is 0.782. The first-order chi connectivity index (χ1) is 9.15. The molecule has 1 N–H and O–H groups in total. The molecule has 0 spiro atoms. The van der Waals surface area contributed by atoms with E-state index in [0.717, 1.165) is 24.3 Å². The van der Waals surface area contributed by atoms with Crippen molar-refractivity contribution < 1.29 is 9.47 Å². The normalized spacial score (nSPS) is 13.9. The van der Waals surface area contributed by atoms with Gasteiger partial charge in [0.05, 0.1) is 7.11 Å². The highest BCUT2D eigenvalue weighted by atomic mass is 16.5. The number of likely N-dealkylation sites (N-methyl/N-ethyl adjacent to an activating group) is 1. The van der Waals surface area contributed by atoms with E-state index in [1.807, 2.05) is 19.2 Å². The highest BCUT2D eigenvalue weighted by molar-refractivity contribution is 5.42. The molecule has 0 radical (unpaired) electrons. The summed E-state index contributed by atoms with van der Waals surface area (Å²) in [6.07, 6.45) is 2.14. The second kappa shape index (κ2) is 8.05. The Morgan fingerprint density at radius 3 is 2.47 bits per heavy atom. The second-order valence-electron chi connectivity index (χ2n) is 4.93. The van der Waals surface area contributed by atoms with Crippen LogP contribution >= 0.6 is 0 Å². The largest absolute Gasteiger partial charge is 0.493 e. The fraction of sp³-hybridized carbons (Fsp3) is 0.625. The molecule has 19 heavy (non-hydrogen) atoms. The minimum Gasteiger partial charge on any atom is -0.493 e. The minimum absolute atomic E-state index is 0.362. The van der Waals surface area contributed by atoms with Crippen LogP contribution in [-0.4, -0.2) is 26.8 Å². The Hall–Kier alpha value is -1.22. The van der Waals surface area contributed by atoms with Gasteiger partial charge in [0.1, 0.15) is 6.61 Å². The number of benzene rings is 1. The summed E-state index contributed by atoms with van der Waals surface area (Å²) in [5, 5.41) is 3.32. The van der Waals surface area contributed by atoms with Crippen LogP contribution in [0.1, 0.15) is 32.8 Å². The first-order valence-corrected chi connectivity index (χ1v) is 7.13. The average molecular weight is 265 g/mol. The monoisotopic (exact) mass is 265 g/mol. The highest BCUT2D eigenvalue weighted by Crippen LogP contribution is 2.28. The lowest BCUT2D eigenvalue weighted by Gasteiger charge is -2.23. The lowest BCUT2D eigenvalue weighted by molar-refractivity contribution is 0.220. The van der Waals surface area contributed by atoms with E-state index in [4.69, 9.17) is 9.47 Å². The van der Waals surface area contributed by atoms with Crippen LogP contribution in [0.25, 0.3) is 0 Å². The molecule has 0 aromatic heterocycles. The predicted molar refractivity (Wildman–Crippen MR) is 80.2 cm³/mol. The van der Waals surface area contributed by atoms with Crippen LogP contribution in [0.15, 0.2) is 18.2 Å². The Kier molecular flexibility index (Phi) is 6.71. The van der Waals surface area contributed by atoms with Crippen molar-refractivity contribution in [2.45, 2.75) is 39.7 Å². The summed E-state index contributed by atoms with van der Waals surface area (Å²) in [7, 11) is 3.67. The van der Waals surface area contributed by atoms with Crippen LogP contribution in [0, 0.1) is 5.92 Å². The van der Waals surface area contributed by atoms with Gasteiger partial charge in [0.2, 0.25) is 0 Å². The van der Waals surface area contributed by atoms with E-state index in [2.05, 4.69) is 32.2 Å². The maximum atomic E-state index is 5.92. The zero-order valence-corrected chi connectivity index (χ0v) is 12.8. The Balaban J connectivity index is 2.71. The van der Waals surface area contributed by atoms with Gasteiger partial charge in [-0.2, -0.15) is 0 Å². The van der Waals surface area contributed by atoms with Crippen molar-refractivity contribution in [1.82, 2.24) is 5.32 Å². The van der Waals surface area contributed by atoms with E-state index in [9.17, 15) is 0 Å². The van der Waals surface area contributed by atoms with Gasteiger partial charge in [-0.3, -0.25) is 0 Å². The molecular formula is C16H27NO2. The fourth-order valence-corrected chi connectivity index (χ4v) is 2.05. The van der Waals surface area contributed by atoms with E-state index < -0.39 is 0 Å². The van der Waals surface area contributed by atoms with Gasteiger partial charge in [-0.15, -0.1) is 0 Å². The van der Waals surface area contributed by atoms with E-state index in [-0.39, 0.29) is 0 Å². The zero-order chi connectivity index (χ0) is 14.3. The van der Waals surface area contributed by atoms with Crippen LogP contribution in [0.2, 0.25) is 0 Å². The molecule has 108 valence electrons. The van der Waals surface area contributed by atoms with Crippen LogP contribution in [0.3, 0.4) is 0 Å². The van der Waals surface area contributed by atoms with Gasteiger partial charge < -0.3 is 14.8 Å². The van der Waals surface area contributed by atoms with E-state index >= 15 is 0 Å². The predicted octanol–water partition coefficient (Wildman–Crippen LogP) is 3.27. The van der Waals surface area contributed by atoms with Gasteiger partial charge in [0.15, 0.2) is 11.5 Å². The van der Waals surface area contributed by atoms with Crippen molar-refractivity contribution in [3.05, 3.63) is 23.8 Å². The molecule has 0 saturated carbocycles. The summed E-state index contributed by atoms with van der Waals surface area (Å²) in [6, 6.07) is 6.50. The van der Waals surface area contributed by atoms with Gasteiger partial charge in [-0.25, -0.2) is 0 Å². The van der Waals surface area contributed by atoms with E-state index in [0.29, 0.717) is 18.6 Å². The van der Waals surface area contributed by atoms with Crippen molar-refractivity contribution in [3.8, 4) is 11.5 Å². The summed E-state index contributed by atoms with van der Waals surface area (Å²) >= 11 is 0. The molecule has 0 amide bonds. The third kappa shape index (κ3) is 4.43. The van der Waals surface area contributed by atoms with Crippen LogP contribution in [-0.2, 0) is 6.42 Å². The van der Waals surface area contributed by atoms with Crippen LogP contribution in [0.5, 0.6) is 11.5 Å². The maximum absolute atomic E-state index is 5.92. The third-order valence-corrected chi connectivity index (χ3v) is 3.76. The van der Waals surface area contributed by atoms with Gasteiger partial charge in [-0.1, -0.05) is 33.3 Å². The van der Waals surface area contributed by atoms with Crippen molar-refractivity contribution in [2.75, 3.05) is 20.8 Å². The Morgan fingerprint density at radius 1 is 1.21 bits per heavy atom. The topological polar surface area (TPSA) is 30.5 Å². The lowest BCUT2D eigenvalue weighted by atomic mass is 10.0. The van der Waals surface area contributed by atoms with Gasteiger partial charge in [-0.05, 0) is 37.1 Å². The van der Waals surface area contributed by atoms with Crippen molar-refractivity contribution >= 4 is 0 Å². The number of hydrogen-bond acceptors (Lipinski definition) is 3. The Morgan fingerprint density at radius 2 is 1.95 bits per heavy atom. The van der Waals surface area contributed by atoms with Gasteiger partial charge in [0, 0.05) is 6.04 Å². The summed E-state index contributed by atoms with van der Waals surface area (Å²) < 4.78 is 11.3. The number of hydrogen-bond donors (Lipinski definition) is 1. The number of rotatable bonds is 8. The molecule has 0 aliphatic heterocycles. The molecule has 3 nitrogen and oxygen atoms in total. The van der Waals surface area contributed by atoms with Gasteiger partial charge >= 0.3 is 0 Å². The molecule has 1 aromatic carbocycles. The first-order valence-electron chi connectivity index (χ1n) is 7.13. The van der Waals surface area contributed by atoms with Crippen LogP contribution < -0.4 is 14.8 Å². The second-order valence-corrected chi connectivity index (χ2v) is 4.93. The van der Waals surface area contributed by atoms with Crippen molar-refractivity contribution in [3.63, 3.8) is 0 Å². The number of nitrogens with one attached hydrogen (secondary N) is 1. The van der Waals surface area contributed by atoms with E-state index in [1.165, 1.54) is 5.56 Å². The summed E-state index contributed by atoms with van der Waals surface area (Å²) in [4.78, 5) is 0. The molecule has 3 heteroatoms. The van der Waals surface area contributed by atoms with Gasteiger partial charge in [0.25, 0.3) is 0 Å².